The molecule has 34 heavy (non-hydrogen) atoms. The van der Waals surface area contributed by atoms with Gasteiger partial charge in [0.15, 0.2) is 0 Å². The van der Waals surface area contributed by atoms with Gasteiger partial charge in [-0.3, -0.25) is 4.90 Å². The maximum atomic E-state index is 13.1. The van der Waals surface area contributed by atoms with Crippen LogP contribution in [0.1, 0.15) is 43.9 Å². The number of nitrogens with zero attached hydrogens (tertiary/aromatic N) is 1. The Labute approximate surface area is 200 Å². The Bertz CT molecular complexity index is 1040. The molecule has 0 radical (unpaired) electrons. The molecule has 0 bridgehead atoms. The zero-order chi connectivity index (χ0) is 24.8. The van der Waals surface area contributed by atoms with E-state index in [1.165, 1.54) is 24.7 Å². The fourth-order valence-electron chi connectivity index (χ4n) is 3.73. The first-order valence-corrected chi connectivity index (χ1v) is 11.2. The van der Waals surface area contributed by atoms with Gasteiger partial charge in [-0.1, -0.05) is 26.0 Å². The van der Waals surface area contributed by atoms with Crippen molar-refractivity contribution in [2.75, 3.05) is 34.5 Å². The van der Waals surface area contributed by atoms with E-state index in [9.17, 15) is 9.59 Å². The minimum absolute atomic E-state index is 0.0106. The number of nitrogens with one attached hydrogen (secondary N) is 1. The van der Waals surface area contributed by atoms with Crippen molar-refractivity contribution >= 4 is 12.0 Å². The largest absolute Gasteiger partial charge is 0.497 e. The molecular formula is C26H32N2O6. The highest BCUT2D eigenvalue weighted by Crippen LogP contribution is 2.35. The first kappa shape index (κ1) is 25.0. The van der Waals surface area contributed by atoms with Crippen LogP contribution in [0.15, 0.2) is 53.7 Å². The minimum atomic E-state index is -0.770. The molecule has 3 rings (SSSR count). The molecule has 0 saturated heterocycles. The SMILES string of the molecule is CCOC(=O)C1=C(COc2ccc(C(C)C)cc2)N(C)C(=O)N[C@@H]1c1cc(OC)cc(OC)c1. The summed E-state index contributed by atoms with van der Waals surface area (Å²) in [4.78, 5) is 27.4. The van der Waals surface area contributed by atoms with E-state index in [2.05, 4.69) is 19.2 Å². The number of carbonyl (C=O) groups excluding carboxylic acids is 2. The van der Waals surface area contributed by atoms with Gasteiger partial charge in [-0.05, 0) is 48.2 Å². The van der Waals surface area contributed by atoms with Gasteiger partial charge in [-0.15, -0.1) is 0 Å². The van der Waals surface area contributed by atoms with Crippen LogP contribution in [0.4, 0.5) is 4.79 Å². The van der Waals surface area contributed by atoms with Crippen molar-refractivity contribution in [2.45, 2.75) is 32.7 Å². The second-order valence-electron chi connectivity index (χ2n) is 8.18. The predicted octanol–water partition coefficient (Wildman–Crippen LogP) is 4.42. The number of likely N-dealkylation sites (N-methyl/N-ethyl adjacent to an activating group) is 1. The Morgan fingerprint density at radius 1 is 1.03 bits per heavy atom. The van der Waals surface area contributed by atoms with Crippen molar-refractivity contribution in [3.05, 3.63) is 64.9 Å². The summed E-state index contributed by atoms with van der Waals surface area (Å²) in [6.45, 7) is 6.18. The molecule has 0 unspecified atom stereocenters. The summed E-state index contributed by atoms with van der Waals surface area (Å²) in [6, 6.07) is 11.9. The number of ether oxygens (including phenoxy) is 4. The van der Waals surface area contributed by atoms with Crippen LogP contribution in [0.25, 0.3) is 0 Å². The Kier molecular flexibility index (Phi) is 8.04. The average Bonchev–Trinajstić information content (AvgIpc) is 2.84. The molecule has 2 aromatic rings. The van der Waals surface area contributed by atoms with Crippen LogP contribution in [-0.4, -0.2) is 51.4 Å². The van der Waals surface area contributed by atoms with Crippen molar-refractivity contribution in [1.82, 2.24) is 10.2 Å². The highest BCUT2D eigenvalue weighted by molar-refractivity contribution is 5.95. The van der Waals surface area contributed by atoms with E-state index in [-0.39, 0.29) is 24.8 Å². The van der Waals surface area contributed by atoms with Crippen LogP contribution >= 0.6 is 0 Å². The smallest absolute Gasteiger partial charge is 0.338 e. The van der Waals surface area contributed by atoms with Crippen LogP contribution in [0, 0.1) is 0 Å². The lowest BCUT2D eigenvalue weighted by molar-refractivity contribution is -0.139. The minimum Gasteiger partial charge on any atom is -0.497 e. The number of carbonyl (C=O) groups is 2. The standard InChI is InChI=1S/C26H32N2O6/c1-7-33-25(29)23-22(15-34-19-10-8-17(9-11-19)16(2)3)28(4)26(30)27-24(23)18-12-20(31-5)14-21(13-18)32-6/h8-14,16,24H,7,15H2,1-6H3,(H,27,30)/t24-/m1/s1. The molecule has 182 valence electrons. The van der Waals surface area contributed by atoms with Crippen molar-refractivity contribution in [1.29, 1.82) is 0 Å². The molecule has 1 heterocycles. The second-order valence-corrected chi connectivity index (χ2v) is 8.18. The quantitative estimate of drug-likeness (QED) is 0.549. The van der Waals surface area contributed by atoms with Crippen LogP contribution in [-0.2, 0) is 9.53 Å². The van der Waals surface area contributed by atoms with Gasteiger partial charge in [-0.2, -0.15) is 0 Å². The van der Waals surface area contributed by atoms with Gasteiger partial charge in [0.1, 0.15) is 23.9 Å². The van der Waals surface area contributed by atoms with Crippen molar-refractivity contribution in [3.63, 3.8) is 0 Å². The number of rotatable bonds is 9. The first-order valence-electron chi connectivity index (χ1n) is 11.2. The van der Waals surface area contributed by atoms with Gasteiger partial charge in [0.05, 0.1) is 38.1 Å². The molecule has 1 aliphatic heterocycles. The van der Waals surface area contributed by atoms with E-state index < -0.39 is 12.0 Å². The predicted molar refractivity (Wildman–Crippen MR) is 128 cm³/mol. The molecule has 0 fully saturated rings. The monoisotopic (exact) mass is 468 g/mol. The highest BCUT2D eigenvalue weighted by Gasteiger charge is 2.37. The maximum absolute atomic E-state index is 13.1. The van der Waals surface area contributed by atoms with E-state index in [0.29, 0.717) is 34.4 Å². The lowest BCUT2D eigenvalue weighted by Gasteiger charge is -2.34. The van der Waals surface area contributed by atoms with Gasteiger partial charge < -0.3 is 24.3 Å². The second kappa shape index (κ2) is 11.0. The number of methoxy groups -OCH3 is 2. The van der Waals surface area contributed by atoms with E-state index in [1.54, 1.807) is 32.2 Å². The number of hydrogen-bond acceptors (Lipinski definition) is 6. The van der Waals surface area contributed by atoms with Gasteiger partial charge in [0.25, 0.3) is 0 Å². The first-order chi connectivity index (χ1) is 16.3. The molecule has 8 nitrogen and oxygen atoms in total. The third kappa shape index (κ3) is 5.44. The highest BCUT2D eigenvalue weighted by atomic mass is 16.5. The topological polar surface area (TPSA) is 86.3 Å². The number of benzene rings is 2. The number of hydrogen-bond donors (Lipinski definition) is 1. The summed E-state index contributed by atoms with van der Waals surface area (Å²) in [7, 11) is 4.67. The number of urea groups is 1. The van der Waals surface area contributed by atoms with E-state index in [0.717, 1.165) is 0 Å². The molecule has 2 amide bonds. The Balaban J connectivity index is 2.04. The molecule has 0 aromatic heterocycles. The zero-order valence-corrected chi connectivity index (χ0v) is 20.5. The van der Waals surface area contributed by atoms with E-state index in [4.69, 9.17) is 18.9 Å². The molecule has 0 spiro atoms. The molecule has 8 heteroatoms. The number of amides is 2. The van der Waals surface area contributed by atoms with Gasteiger partial charge in [0, 0.05) is 13.1 Å². The summed E-state index contributed by atoms with van der Waals surface area (Å²) < 4.78 is 22.1. The Hall–Kier alpha value is -3.68. The fourth-order valence-corrected chi connectivity index (χ4v) is 3.73. The third-order valence-corrected chi connectivity index (χ3v) is 5.70. The zero-order valence-electron chi connectivity index (χ0n) is 20.5. The molecular weight excluding hydrogens is 436 g/mol. The summed E-state index contributed by atoms with van der Waals surface area (Å²) >= 11 is 0. The van der Waals surface area contributed by atoms with Crippen molar-refractivity contribution in [2.24, 2.45) is 0 Å². The van der Waals surface area contributed by atoms with Crippen LogP contribution in [0.5, 0.6) is 17.2 Å². The summed E-state index contributed by atoms with van der Waals surface area (Å²) in [5, 5.41) is 2.88. The van der Waals surface area contributed by atoms with Gasteiger partial charge in [-0.25, -0.2) is 9.59 Å². The van der Waals surface area contributed by atoms with E-state index >= 15 is 0 Å². The lowest BCUT2D eigenvalue weighted by atomic mass is 9.94. The van der Waals surface area contributed by atoms with Gasteiger partial charge in [0.2, 0.25) is 0 Å². The van der Waals surface area contributed by atoms with Crippen LogP contribution in [0.2, 0.25) is 0 Å². The normalized spacial score (nSPS) is 15.8. The van der Waals surface area contributed by atoms with Crippen molar-refractivity contribution < 1.29 is 28.5 Å². The molecule has 1 N–H and O–H groups in total. The Morgan fingerprint density at radius 3 is 2.18 bits per heavy atom. The molecule has 0 saturated carbocycles. The molecule has 2 aromatic carbocycles. The van der Waals surface area contributed by atoms with Gasteiger partial charge >= 0.3 is 12.0 Å². The fraction of sp³-hybridized carbons (Fsp3) is 0.385. The maximum Gasteiger partial charge on any atom is 0.338 e. The lowest BCUT2D eigenvalue weighted by Crippen LogP contribution is -2.48. The molecule has 0 aliphatic carbocycles. The van der Waals surface area contributed by atoms with Crippen LogP contribution < -0.4 is 19.5 Å². The Morgan fingerprint density at radius 2 is 1.65 bits per heavy atom. The summed E-state index contributed by atoms with van der Waals surface area (Å²) in [5.41, 5.74) is 2.53. The summed E-state index contributed by atoms with van der Waals surface area (Å²) in [6.07, 6.45) is 0. The van der Waals surface area contributed by atoms with Crippen molar-refractivity contribution in [3.8, 4) is 17.2 Å². The summed E-state index contributed by atoms with van der Waals surface area (Å²) in [5.74, 6) is 1.58. The average molecular weight is 469 g/mol. The molecule has 1 aliphatic rings. The van der Waals surface area contributed by atoms with E-state index in [1.807, 2.05) is 24.3 Å². The molecule has 1 atom stereocenters. The third-order valence-electron chi connectivity index (χ3n) is 5.70. The number of esters is 1. The van der Waals surface area contributed by atoms with Crippen LogP contribution in [0.3, 0.4) is 0 Å².